The second-order valence-electron chi connectivity index (χ2n) is 1.14. The summed E-state index contributed by atoms with van der Waals surface area (Å²) in [5.41, 5.74) is 0. The van der Waals surface area contributed by atoms with Crippen molar-refractivity contribution in [3.63, 3.8) is 0 Å². The van der Waals surface area contributed by atoms with Crippen molar-refractivity contribution < 1.29 is 0 Å². The molecule has 42 valence electrons. The second kappa shape index (κ2) is 3.57. The van der Waals surface area contributed by atoms with Gasteiger partial charge in [-0.25, -0.2) is 0 Å². The molecule has 8 heavy (non-hydrogen) atoms. The predicted octanol–water partition coefficient (Wildman–Crippen LogP) is 2.33. The van der Waals surface area contributed by atoms with Crippen LogP contribution in [0, 0.1) is 0 Å². The highest BCUT2D eigenvalue weighted by atomic mass is 32.9. The third-order valence-electron chi connectivity index (χ3n) is 0.589. The fraction of sp³-hybridized carbons (Fsp3) is 0. The molecule has 0 aliphatic heterocycles. The maximum atomic E-state index is 3.95. The Morgan fingerprint density at radius 1 is 1.12 bits per heavy atom. The lowest BCUT2D eigenvalue weighted by Crippen LogP contribution is -1.48. The molecule has 0 N–H and O–H groups in total. The van der Waals surface area contributed by atoms with Crippen molar-refractivity contribution >= 4 is 20.9 Å². The molecule has 0 amide bonds. The molecule has 1 heterocycles. The molecule has 0 atom stereocenters. The summed E-state index contributed by atoms with van der Waals surface area (Å²) in [4.78, 5) is 0. The van der Waals surface area contributed by atoms with Gasteiger partial charge < -0.3 is 0 Å². The van der Waals surface area contributed by atoms with E-state index in [-0.39, 0.29) is 0 Å². The average molecular weight is 143 g/mol. The summed E-state index contributed by atoms with van der Waals surface area (Å²) in [5, 5.41) is 2.00. The first-order valence-electron chi connectivity index (χ1n) is 2.18. The monoisotopic (exact) mass is 143 g/mol. The van der Waals surface area contributed by atoms with Gasteiger partial charge in [0.1, 0.15) is 0 Å². The van der Waals surface area contributed by atoms with Crippen LogP contribution in [0.4, 0.5) is 0 Å². The van der Waals surface area contributed by atoms with Gasteiger partial charge in [-0.2, -0.15) is 4.37 Å². The fourth-order valence-corrected chi connectivity index (χ4v) is 1.31. The maximum Gasteiger partial charge on any atom is 0.0407 e. The first-order chi connectivity index (χ1) is 4.00. The molecule has 1 rings (SSSR count). The molecular weight excluding hydrogens is 138 g/mol. The minimum Gasteiger partial charge on any atom is -0.191 e. The van der Waals surface area contributed by atoms with Gasteiger partial charge >= 0.3 is 0 Å². The van der Waals surface area contributed by atoms with Crippen LogP contribution in [-0.4, -0.2) is 4.37 Å². The molecule has 0 saturated carbocycles. The molecule has 0 spiro atoms. The Morgan fingerprint density at radius 2 is 2.12 bits per heavy atom. The third kappa shape index (κ3) is 2.04. The first-order valence-corrected chi connectivity index (χ1v) is 4.35. The standard InChI is InChI=1S/C5H5NS2/c1-2-4-6-8-7-5-3-1/h1-5H. The highest BCUT2D eigenvalue weighted by Crippen LogP contribution is 1.94. The van der Waals surface area contributed by atoms with Gasteiger partial charge in [-0.05, 0) is 6.07 Å². The summed E-state index contributed by atoms with van der Waals surface area (Å²) in [5.74, 6) is 0. The predicted molar refractivity (Wildman–Crippen MR) is 37.6 cm³/mol. The third-order valence-corrected chi connectivity index (χ3v) is 2.00. The van der Waals surface area contributed by atoms with Crippen molar-refractivity contribution in [3.05, 3.63) is 29.8 Å². The van der Waals surface area contributed by atoms with Crippen LogP contribution in [0.3, 0.4) is 0 Å². The maximum absolute atomic E-state index is 3.95. The molecule has 0 aliphatic rings. The zero-order valence-electron chi connectivity index (χ0n) is 4.15. The van der Waals surface area contributed by atoms with Crippen LogP contribution in [0.5, 0.6) is 0 Å². The normalized spacial score (nSPS) is 8.00. The van der Waals surface area contributed by atoms with Gasteiger partial charge in [-0.1, -0.05) is 22.5 Å². The molecule has 1 aromatic heterocycles. The fourth-order valence-electron chi connectivity index (χ4n) is 0.301. The van der Waals surface area contributed by atoms with Gasteiger partial charge in [0.2, 0.25) is 0 Å². The van der Waals surface area contributed by atoms with E-state index in [1.54, 1.807) is 16.5 Å². The van der Waals surface area contributed by atoms with Crippen molar-refractivity contribution in [2.45, 2.75) is 0 Å². The lowest BCUT2D eigenvalue weighted by Gasteiger charge is -1.68. The zero-order chi connectivity index (χ0) is 5.66. The molecule has 0 aliphatic carbocycles. The summed E-state index contributed by atoms with van der Waals surface area (Å²) in [6.07, 6.45) is 1.78. The SMILES string of the molecule is c1ccnsscc1. The number of aromatic nitrogens is 1. The minimum atomic E-state index is 1.48. The summed E-state index contributed by atoms with van der Waals surface area (Å²) in [6, 6.07) is 5.85. The Kier molecular flexibility index (Phi) is 2.56. The van der Waals surface area contributed by atoms with Crippen LogP contribution in [0.15, 0.2) is 29.8 Å². The van der Waals surface area contributed by atoms with Crippen molar-refractivity contribution in [1.82, 2.24) is 4.37 Å². The Balaban J connectivity index is 3.00. The van der Waals surface area contributed by atoms with Crippen molar-refractivity contribution in [2.75, 3.05) is 0 Å². The molecule has 3 heteroatoms. The highest BCUT2D eigenvalue weighted by Gasteiger charge is 1.60. The Hall–Kier alpha value is -0.410. The van der Waals surface area contributed by atoms with E-state index in [0.29, 0.717) is 0 Å². The van der Waals surface area contributed by atoms with Crippen LogP contribution in [0.1, 0.15) is 0 Å². The van der Waals surface area contributed by atoms with Crippen LogP contribution >= 0.6 is 20.9 Å². The molecule has 0 radical (unpaired) electrons. The van der Waals surface area contributed by atoms with Crippen molar-refractivity contribution in [2.24, 2.45) is 0 Å². The minimum absolute atomic E-state index is 1.48. The molecule has 0 fully saturated rings. The zero-order valence-corrected chi connectivity index (χ0v) is 5.78. The Bertz CT molecular complexity index is 115. The van der Waals surface area contributed by atoms with Crippen LogP contribution < -0.4 is 0 Å². The van der Waals surface area contributed by atoms with E-state index in [1.165, 1.54) is 10.5 Å². The average Bonchev–Trinajstić information content (AvgIpc) is 1.62. The summed E-state index contributed by atoms with van der Waals surface area (Å²) in [6.45, 7) is 0. The number of hydrogen-bond acceptors (Lipinski definition) is 3. The lowest BCUT2D eigenvalue weighted by molar-refractivity contribution is 1.55. The Morgan fingerprint density at radius 3 is 3.12 bits per heavy atom. The first kappa shape index (κ1) is 5.72. The van der Waals surface area contributed by atoms with Crippen molar-refractivity contribution in [1.29, 1.82) is 0 Å². The van der Waals surface area contributed by atoms with Crippen LogP contribution in [-0.2, 0) is 0 Å². The quantitative estimate of drug-likeness (QED) is 0.508. The molecular formula is C5H5NS2. The smallest absolute Gasteiger partial charge is 0.0407 e. The van der Waals surface area contributed by atoms with Crippen LogP contribution in [0.2, 0.25) is 0 Å². The van der Waals surface area contributed by atoms with E-state index >= 15 is 0 Å². The van der Waals surface area contributed by atoms with Gasteiger partial charge in [0, 0.05) is 22.1 Å². The van der Waals surface area contributed by atoms with E-state index < -0.39 is 0 Å². The largest absolute Gasteiger partial charge is 0.191 e. The summed E-state index contributed by atoms with van der Waals surface area (Å²) >= 11 is 0. The van der Waals surface area contributed by atoms with Gasteiger partial charge in [0.05, 0.1) is 0 Å². The summed E-state index contributed by atoms with van der Waals surface area (Å²) < 4.78 is 3.95. The molecule has 0 saturated heterocycles. The number of hydrogen-bond donors (Lipinski definition) is 0. The molecule has 0 unspecified atom stereocenters. The lowest BCUT2D eigenvalue weighted by atomic mass is 10.6. The van der Waals surface area contributed by atoms with Gasteiger partial charge in [0.15, 0.2) is 0 Å². The highest BCUT2D eigenvalue weighted by molar-refractivity contribution is 7.65. The topological polar surface area (TPSA) is 12.9 Å². The number of rotatable bonds is 0. The van der Waals surface area contributed by atoms with E-state index in [4.69, 9.17) is 0 Å². The van der Waals surface area contributed by atoms with E-state index in [9.17, 15) is 0 Å². The second-order valence-corrected chi connectivity index (χ2v) is 2.99. The molecule has 0 aromatic carbocycles. The van der Waals surface area contributed by atoms with Gasteiger partial charge in [-0.15, -0.1) is 0 Å². The Labute approximate surface area is 55.5 Å². The number of nitrogens with zero attached hydrogens (tertiary/aromatic N) is 1. The molecule has 1 aromatic rings. The van der Waals surface area contributed by atoms with E-state index in [1.807, 2.05) is 23.6 Å². The van der Waals surface area contributed by atoms with E-state index in [2.05, 4.69) is 4.37 Å². The molecule has 0 bridgehead atoms. The van der Waals surface area contributed by atoms with Crippen LogP contribution in [0.25, 0.3) is 0 Å². The van der Waals surface area contributed by atoms with Crippen molar-refractivity contribution in [3.8, 4) is 0 Å². The summed E-state index contributed by atoms with van der Waals surface area (Å²) in [7, 11) is 3.09. The molecule has 1 nitrogen and oxygen atoms in total. The van der Waals surface area contributed by atoms with Gasteiger partial charge in [0.25, 0.3) is 0 Å². The van der Waals surface area contributed by atoms with Gasteiger partial charge in [-0.3, -0.25) is 0 Å². The van der Waals surface area contributed by atoms with E-state index in [0.717, 1.165) is 0 Å².